The Balaban J connectivity index is 2.63. The Hall–Kier alpha value is -0.990. The van der Waals surface area contributed by atoms with E-state index in [2.05, 4.69) is 9.72 Å². The van der Waals surface area contributed by atoms with E-state index in [0.717, 1.165) is 6.07 Å². The lowest BCUT2D eigenvalue weighted by Gasteiger charge is -2.14. The Morgan fingerprint density at radius 1 is 1.30 bits per heavy atom. The average Bonchev–Trinajstić information content (AvgIpc) is 2.32. The molecule has 0 amide bonds. The molecule has 20 heavy (non-hydrogen) atoms. The molecule has 3 nitrogen and oxygen atoms in total. The van der Waals surface area contributed by atoms with Gasteiger partial charge in [0, 0.05) is 18.6 Å². The normalized spacial score (nSPS) is 13.8. The van der Waals surface area contributed by atoms with Crippen molar-refractivity contribution in [1.82, 2.24) is 4.98 Å². The van der Waals surface area contributed by atoms with Crippen molar-refractivity contribution >= 4 is 11.6 Å². The van der Waals surface area contributed by atoms with Gasteiger partial charge in [0.05, 0.1) is 6.10 Å². The van der Waals surface area contributed by atoms with E-state index >= 15 is 0 Å². The summed E-state index contributed by atoms with van der Waals surface area (Å²) in [5, 5.41) is 9.20. The van der Waals surface area contributed by atoms with Crippen molar-refractivity contribution < 1.29 is 31.8 Å². The molecule has 1 atom stereocenters. The van der Waals surface area contributed by atoms with E-state index in [4.69, 9.17) is 11.6 Å². The van der Waals surface area contributed by atoms with Gasteiger partial charge in [-0.3, -0.25) is 0 Å². The Kier molecular flexibility index (Phi) is 6.09. The molecule has 0 aliphatic carbocycles. The predicted molar refractivity (Wildman–Crippen MR) is 60.6 cm³/mol. The molecule has 0 fully saturated rings. The van der Waals surface area contributed by atoms with Crippen LogP contribution in [-0.4, -0.2) is 29.7 Å². The summed E-state index contributed by atoms with van der Waals surface area (Å²) in [5.74, 6) is 0. The number of ether oxygens (including phenoxy) is 1. The minimum absolute atomic E-state index is 0.0136. The minimum Gasteiger partial charge on any atom is -0.388 e. The molecule has 0 aliphatic rings. The predicted octanol–water partition coefficient (Wildman–Crippen LogP) is 3.46. The maximum atomic E-state index is 12.4. The van der Waals surface area contributed by atoms with Crippen LogP contribution in [0.1, 0.15) is 23.8 Å². The van der Waals surface area contributed by atoms with Gasteiger partial charge in [-0.2, -0.15) is 13.2 Å². The van der Waals surface area contributed by atoms with Gasteiger partial charge in [-0.05, 0) is 6.07 Å². The summed E-state index contributed by atoms with van der Waals surface area (Å²) in [5.41, 5.74) is -1.19. The first kappa shape index (κ1) is 17.1. The third kappa shape index (κ3) is 5.18. The van der Waals surface area contributed by atoms with Gasteiger partial charge in [-0.1, -0.05) is 17.7 Å². The first-order valence-electron chi connectivity index (χ1n) is 5.49. The van der Waals surface area contributed by atoms with Crippen LogP contribution in [0.3, 0.4) is 0 Å². The number of nitrogens with zero attached hydrogens (tertiary/aromatic N) is 1. The number of aliphatic hydroxyl groups is 1. The number of aliphatic hydroxyl groups excluding tert-OH is 1. The fourth-order valence-electron chi connectivity index (χ4n) is 1.37. The number of hydrogen-bond acceptors (Lipinski definition) is 3. The third-order valence-corrected chi connectivity index (χ3v) is 2.61. The van der Waals surface area contributed by atoms with Crippen molar-refractivity contribution in [2.24, 2.45) is 0 Å². The smallest absolute Gasteiger partial charge is 0.388 e. The van der Waals surface area contributed by atoms with Crippen LogP contribution in [-0.2, 0) is 10.9 Å². The molecule has 9 heteroatoms. The Labute approximate surface area is 116 Å². The maximum Gasteiger partial charge on any atom is 0.433 e. The van der Waals surface area contributed by atoms with Crippen molar-refractivity contribution in [3.8, 4) is 0 Å². The number of aromatic nitrogens is 1. The highest BCUT2D eigenvalue weighted by Gasteiger charge is 2.33. The molecule has 0 saturated heterocycles. The SMILES string of the molecule is OC(CCOCC(F)F)c1ccc(C(F)(F)F)nc1Cl. The number of alkyl halides is 5. The fraction of sp³-hybridized carbons (Fsp3) is 0.545. The van der Waals surface area contributed by atoms with Crippen molar-refractivity contribution in [2.45, 2.75) is 25.1 Å². The highest BCUT2D eigenvalue weighted by Crippen LogP contribution is 2.31. The highest BCUT2D eigenvalue weighted by atomic mass is 35.5. The van der Waals surface area contributed by atoms with Gasteiger partial charge in [-0.25, -0.2) is 13.8 Å². The molecule has 0 radical (unpaired) electrons. The van der Waals surface area contributed by atoms with Crippen LogP contribution >= 0.6 is 11.6 Å². The van der Waals surface area contributed by atoms with E-state index in [9.17, 15) is 27.1 Å². The van der Waals surface area contributed by atoms with E-state index in [0.29, 0.717) is 6.07 Å². The molecular weight excluding hydrogens is 309 g/mol. The summed E-state index contributed by atoms with van der Waals surface area (Å²) in [6.45, 7) is -0.950. The molecule has 1 unspecified atom stereocenters. The molecule has 1 aromatic rings. The van der Waals surface area contributed by atoms with E-state index in [1.54, 1.807) is 0 Å². The van der Waals surface area contributed by atoms with Crippen LogP contribution in [0, 0.1) is 0 Å². The minimum atomic E-state index is -4.63. The van der Waals surface area contributed by atoms with Crippen LogP contribution in [0.25, 0.3) is 0 Å². The monoisotopic (exact) mass is 319 g/mol. The zero-order valence-electron chi connectivity index (χ0n) is 10.0. The standard InChI is InChI=1S/C11H11ClF5NO2/c12-10-6(1-2-8(18-10)11(15,16)17)7(19)3-4-20-5-9(13)14/h1-2,7,9,19H,3-5H2. The van der Waals surface area contributed by atoms with Gasteiger partial charge < -0.3 is 9.84 Å². The van der Waals surface area contributed by atoms with Crippen LogP contribution in [0.5, 0.6) is 0 Å². The lowest BCUT2D eigenvalue weighted by atomic mass is 10.1. The number of pyridine rings is 1. The van der Waals surface area contributed by atoms with Gasteiger partial charge >= 0.3 is 6.18 Å². The molecule has 0 saturated carbocycles. The van der Waals surface area contributed by atoms with E-state index in [1.165, 1.54) is 0 Å². The maximum absolute atomic E-state index is 12.4. The molecule has 0 aliphatic heterocycles. The lowest BCUT2D eigenvalue weighted by molar-refractivity contribution is -0.141. The van der Waals surface area contributed by atoms with Gasteiger partial charge in [0.1, 0.15) is 17.5 Å². The molecular formula is C11H11ClF5NO2. The summed E-state index contributed by atoms with van der Waals surface area (Å²) in [7, 11) is 0. The second-order valence-electron chi connectivity index (χ2n) is 3.84. The Morgan fingerprint density at radius 3 is 2.45 bits per heavy atom. The van der Waals surface area contributed by atoms with Crippen molar-refractivity contribution in [3.63, 3.8) is 0 Å². The fourth-order valence-corrected chi connectivity index (χ4v) is 1.65. The summed E-state index contributed by atoms with van der Waals surface area (Å²) in [4.78, 5) is 3.14. The molecule has 0 spiro atoms. The van der Waals surface area contributed by atoms with Gasteiger partial charge in [0.25, 0.3) is 6.43 Å². The van der Waals surface area contributed by atoms with Gasteiger partial charge in [0.2, 0.25) is 0 Å². The van der Waals surface area contributed by atoms with E-state index in [1.807, 2.05) is 0 Å². The first-order chi connectivity index (χ1) is 9.21. The highest BCUT2D eigenvalue weighted by molar-refractivity contribution is 6.30. The first-order valence-corrected chi connectivity index (χ1v) is 5.87. The summed E-state index contributed by atoms with van der Waals surface area (Å²) < 4.78 is 65.2. The molecule has 1 rings (SSSR count). The number of rotatable bonds is 6. The van der Waals surface area contributed by atoms with E-state index < -0.39 is 36.2 Å². The van der Waals surface area contributed by atoms with Crippen LogP contribution in [0.4, 0.5) is 22.0 Å². The topological polar surface area (TPSA) is 42.4 Å². The second-order valence-corrected chi connectivity index (χ2v) is 4.20. The molecule has 0 bridgehead atoms. The largest absolute Gasteiger partial charge is 0.433 e. The van der Waals surface area contributed by atoms with Crippen molar-refractivity contribution in [2.75, 3.05) is 13.2 Å². The van der Waals surface area contributed by atoms with Crippen LogP contribution in [0.15, 0.2) is 12.1 Å². The molecule has 1 heterocycles. The second kappa shape index (κ2) is 7.14. The Bertz CT molecular complexity index is 441. The van der Waals surface area contributed by atoms with E-state index in [-0.39, 0.29) is 18.6 Å². The zero-order valence-corrected chi connectivity index (χ0v) is 10.8. The summed E-state index contributed by atoms with van der Waals surface area (Å²) in [6, 6.07) is 1.68. The lowest BCUT2D eigenvalue weighted by Crippen LogP contribution is -2.11. The van der Waals surface area contributed by atoms with Crippen molar-refractivity contribution in [1.29, 1.82) is 0 Å². The van der Waals surface area contributed by atoms with Crippen LogP contribution < -0.4 is 0 Å². The van der Waals surface area contributed by atoms with Crippen LogP contribution in [0.2, 0.25) is 5.15 Å². The average molecular weight is 320 g/mol. The van der Waals surface area contributed by atoms with Crippen molar-refractivity contribution in [3.05, 3.63) is 28.5 Å². The number of halogens is 6. The van der Waals surface area contributed by atoms with Gasteiger partial charge in [0.15, 0.2) is 0 Å². The quantitative estimate of drug-likeness (QED) is 0.496. The zero-order chi connectivity index (χ0) is 15.3. The summed E-state index contributed by atoms with van der Waals surface area (Å²) >= 11 is 5.56. The number of hydrogen-bond donors (Lipinski definition) is 1. The third-order valence-electron chi connectivity index (χ3n) is 2.31. The Morgan fingerprint density at radius 2 is 1.95 bits per heavy atom. The molecule has 1 N–H and O–H groups in total. The van der Waals surface area contributed by atoms with Gasteiger partial charge in [-0.15, -0.1) is 0 Å². The summed E-state index contributed by atoms with van der Waals surface area (Å²) in [6.07, 6.45) is -8.58. The molecule has 0 aromatic carbocycles. The molecule has 1 aromatic heterocycles. The molecule has 114 valence electrons.